The van der Waals surface area contributed by atoms with Gasteiger partial charge in [-0.2, -0.15) is 0 Å². The van der Waals surface area contributed by atoms with E-state index < -0.39 is 18.0 Å². The van der Waals surface area contributed by atoms with Gasteiger partial charge in [-0.05, 0) is 43.7 Å². The van der Waals surface area contributed by atoms with Gasteiger partial charge in [0.1, 0.15) is 11.8 Å². The van der Waals surface area contributed by atoms with Crippen LogP contribution in [0.4, 0.5) is 5.69 Å². The van der Waals surface area contributed by atoms with E-state index in [2.05, 4.69) is 36.9 Å². The zero-order valence-electron chi connectivity index (χ0n) is 19.8. The first-order valence-corrected chi connectivity index (χ1v) is 11.5. The molecule has 1 atom stereocenters. The fraction of sp³-hybridized carbons (Fsp3) is 0.385. The molecule has 3 aromatic rings. The number of methoxy groups -OCH3 is 1. The van der Waals surface area contributed by atoms with Gasteiger partial charge in [0, 0.05) is 61.1 Å². The van der Waals surface area contributed by atoms with Crippen LogP contribution in [-0.2, 0) is 16.1 Å². The molecule has 2 N–H and O–H groups in total. The number of aliphatic carboxylic acids is 2. The van der Waals surface area contributed by atoms with Crippen LogP contribution in [0, 0.1) is 13.8 Å². The fourth-order valence-electron chi connectivity index (χ4n) is 4.92. The summed E-state index contributed by atoms with van der Waals surface area (Å²) in [6, 6.07) is 11.1. The smallest absolute Gasteiger partial charge is 0.325 e. The van der Waals surface area contributed by atoms with Gasteiger partial charge in [0.05, 0.1) is 13.5 Å². The van der Waals surface area contributed by atoms with Gasteiger partial charge < -0.3 is 24.4 Å². The molecule has 1 aromatic heterocycles. The number of carbonyl (C=O) groups is 2. The molecule has 2 heterocycles. The summed E-state index contributed by atoms with van der Waals surface area (Å²) in [4.78, 5) is 28.0. The number of aryl methyl sites for hydroxylation is 3. The Labute approximate surface area is 199 Å². The molecule has 0 aliphatic carbocycles. The summed E-state index contributed by atoms with van der Waals surface area (Å²) in [5.74, 6) is -1.18. The van der Waals surface area contributed by atoms with Gasteiger partial charge in [0.25, 0.3) is 0 Å². The Hall–Kier alpha value is -3.52. The highest BCUT2D eigenvalue weighted by atomic mass is 16.5. The number of hydrogen-bond acceptors (Lipinski definition) is 5. The van der Waals surface area contributed by atoms with E-state index in [1.807, 2.05) is 27.7 Å². The first kappa shape index (κ1) is 23.6. The zero-order valence-corrected chi connectivity index (χ0v) is 19.8. The molecule has 1 saturated heterocycles. The number of benzene rings is 2. The van der Waals surface area contributed by atoms with Crippen LogP contribution in [0.5, 0.6) is 5.75 Å². The molecule has 8 nitrogen and oxygen atoms in total. The summed E-state index contributed by atoms with van der Waals surface area (Å²) in [6.07, 6.45) is 1.75. The quantitative estimate of drug-likeness (QED) is 0.524. The van der Waals surface area contributed by atoms with Crippen LogP contribution < -0.4 is 9.64 Å². The molecule has 0 amide bonds. The minimum atomic E-state index is -0.917. The highest BCUT2D eigenvalue weighted by Crippen LogP contribution is 2.34. The molecule has 8 heteroatoms. The molecule has 180 valence electrons. The number of carboxylic acid groups (broad SMARTS) is 2. The molecule has 1 fully saturated rings. The molecule has 0 spiro atoms. The molecule has 2 aromatic carbocycles. The summed E-state index contributed by atoms with van der Waals surface area (Å²) < 4.78 is 7.22. The van der Waals surface area contributed by atoms with E-state index in [9.17, 15) is 14.7 Å². The van der Waals surface area contributed by atoms with Crippen molar-refractivity contribution < 1.29 is 24.5 Å². The predicted molar refractivity (Wildman–Crippen MR) is 131 cm³/mol. The number of anilines is 1. The Morgan fingerprint density at radius 1 is 1.03 bits per heavy atom. The molecular weight excluding hydrogens is 434 g/mol. The second kappa shape index (κ2) is 9.77. The third-order valence-corrected chi connectivity index (χ3v) is 6.59. The van der Waals surface area contributed by atoms with E-state index in [-0.39, 0.29) is 13.0 Å². The Balaban J connectivity index is 1.64. The van der Waals surface area contributed by atoms with Crippen molar-refractivity contribution in [1.82, 2.24) is 9.47 Å². The normalized spacial score (nSPS) is 15.4. The Bertz CT molecular complexity index is 1210. The molecule has 1 aliphatic rings. The van der Waals surface area contributed by atoms with E-state index in [4.69, 9.17) is 9.84 Å². The molecule has 0 saturated carbocycles. The van der Waals surface area contributed by atoms with Gasteiger partial charge in [0.15, 0.2) is 0 Å². The number of hydrogen-bond donors (Lipinski definition) is 2. The fourth-order valence-corrected chi connectivity index (χ4v) is 4.92. The predicted octanol–water partition coefficient (Wildman–Crippen LogP) is 3.69. The maximum atomic E-state index is 12.5. The lowest BCUT2D eigenvalue weighted by Crippen LogP contribution is -2.49. The van der Waals surface area contributed by atoms with Crippen LogP contribution in [0.1, 0.15) is 29.2 Å². The SMILES string of the molecule is COc1ccc2c(c1)c([C@@H](C(=O)O)N1CCN(c3ccc(C)cc3C)CC1)cn2CCC(=O)O. The first-order valence-electron chi connectivity index (χ1n) is 11.5. The summed E-state index contributed by atoms with van der Waals surface area (Å²) in [7, 11) is 1.57. The van der Waals surface area contributed by atoms with Crippen molar-refractivity contribution in [2.45, 2.75) is 32.9 Å². The van der Waals surface area contributed by atoms with Crippen LogP contribution in [0.3, 0.4) is 0 Å². The second-order valence-corrected chi connectivity index (χ2v) is 8.86. The lowest BCUT2D eigenvalue weighted by molar-refractivity contribution is -0.143. The van der Waals surface area contributed by atoms with Gasteiger partial charge in [-0.15, -0.1) is 0 Å². The lowest BCUT2D eigenvalue weighted by atomic mass is 10.0. The molecular formula is C26H31N3O5. The van der Waals surface area contributed by atoms with Crippen LogP contribution in [0.15, 0.2) is 42.6 Å². The summed E-state index contributed by atoms with van der Waals surface area (Å²) >= 11 is 0. The van der Waals surface area contributed by atoms with E-state index in [1.54, 1.807) is 13.3 Å². The minimum absolute atomic E-state index is 0.0401. The van der Waals surface area contributed by atoms with Gasteiger partial charge in [-0.25, -0.2) is 0 Å². The van der Waals surface area contributed by atoms with Crippen molar-refractivity contribution in [2.24, 2.45) is 0 Å². The molecule has 34 heavy (non-hydrogen) atoms. The van der Waals surface area contributed by atoms with Gasteiger partial charge in [-0.1, -0.05) is 17.7 Å². The highest BCUT2D eigenvalue weighted by molar-refractivity contribution is 5.90. The van der Waals surface area contributed by atoms with Crippen LogP contribution in [0.25, 0.3) is 10.9 Å². The van der Waals surface area contributed by atoms with Crippen molar-refractivity contribution in [1.29, 1.82) is 0 Å². The van der Waals surface area contributed by atoms with E-state index in [0.29, 0.717) is 24.4 Å². The second-order valence-electron chi connectivity index (χ2n) is 8.86. The van der Waals surface area contributed by atoms with Crippen LogP contribution >= 0.6 is 0 Å². The molecule has 0 unspecified atom stereocenters. The Morgan fingerprint density at radius 3 is 2.38 bits per heavy atom. The number of rotatable bonds is 8. The third kappa shape index (κ3) is 4.72. The van der Waals surface area contributed by atoms with E-state index in [1.165, 1.54) is 16.8 Å². The summed E-state index contributed by atoms with van der Waals surface area (Å²) in [5.41, 5.74) is 5.09. The average molecular weight is 466 g/mol. The van der Waals surface area contributed by atoms with E-state index in [0.717, 1.165) is 24.0 Å². The van der Waals surface area contributed by atoms with Crippen LogP contribution in [-0.4, -0.2) is 64.9 Å². The standard InChI is InChI=1S/C26H31N3O5/c1-17-4-6-22(18(2)14-17)27-10-12-28(13-11-27)25(26(32)33)21-16-29(9-8-24(30)31)23-7-5-19(34-3)15-20(21)23/h4-7,14-16,25H,8-13H2,1-3H3,(H,30,31)(H,32,33)/t25-/m0/s1. The third-order valence-electron chi connectivity index (χ3n) is 6.59. The Kier molecular flexibility index (Phi) is 6.79. The number of ether oxygens (including phenoxy) is 1. The number of piperazine rings is 1. The summed E-state index contributed by atoms with van der Waals surface area (Å²) in [5, 5.41) is 20.2. The maximum absolute atomic E-state index is 12.5. The van der Waals surface area contributed by atoms with Crippen molar-refractivity contribution >= 4 is 28.5 Å². The Morgan fingerprint density at radius 2 is 1.76 bits per heavy atom. The van der Waals surface area contributed by atoms with Gasteiger partial charge >= 0.3 is 11.9 Å². The van der Waals surface area contributed by atoms with Crippen molar-refractivity contribution in [3.63, 3.8) is 0 Å². The molecule has 4 rings (SSSR count). The van der Waals surface area contributed by atoms with E-state index >= 15 is 0 Å². The first-order chi connectivity index (χ1) is 16.3. The van der Waals surface area contributed by atoms with Crippen LogP contribution in [0.2, 0.25) is 0 Å². The largest absolute Gasteiger partial charge is 0.497 e. The average Bonchev–Trinajstić information content (AvgIpc) is 3.15. The lowest BCUT2D eigenvalue weighted by Gasteiger charge is -2.39. The summed E-state index contributed by atoms with van der Waals surface area (Å²) in [6.45, 7) is 7.13. The number of fused-ring (bicyclic) bond motifs is 1. The number of aromatic nitrogens is 1. The van der Waals surface area contributed by atoms with Crippen molar-refractivity contribution in [2.75, 3.05) is 38.2 Å². The molecule has 1 aliphatic heterocycles. The maximum Gasteiger partial charge on any atom is 0.325 e. The molecule has 0 bridgehead atoms. The minimum Gasteiger partial charge on any atom is -0.497 e. The number of carboxylic acids is 2. The topological polar surface area (TPSA) is 95.2 Å². The van der Waals surface area contributed by atoms with Crippen molar-refractivity contribution in [3.8, 4) is 5.75 Å². The van der Waals surface area contributed by atoms with Crippen molar-refractivity contribution in [3.05, 3.63) is 59.3 Å². The monoisotopic (exact) mass is 465 g/mol. The molecule has 0 radical (unpaired) electrons. The van der Waals surface area contributed by atoms with Gasteiger partial charge in [0.2, 0.25) is 0 Å². The number of nitrogens with zero attached hydrogens (tertiary/aromatic N) is 3. The highest BCUT2D eigenvalue weighted by Gasteiger charge is 2.33. The zero-order chi connectivity index (χ0) is 24.4. The van der Waals surface area contributed by atoms with Gasteiger partial charge in [-0.3, -0.25) is 14.5 Å².